The van der Waals surface area contributed by atoms with Crippen LogP contribution in [0, 0.1) is 0 Å². The molecular weight excluding hydrogens is 287 g/mol. The third-order valence-corrected chi connectivity index (χ3v) is 4.13. The molecule has 1 fully saturated rings. The zero-order valence-corrected chi connectivity index (χ0v) is 12.4. The number of hydrogen-bond donors (Lipinski definition) is 0. The van der Waals surface area contributed by atoms with Crippen molar-refractivity contribution in [3.8, 4) is 0 Å². The maximum atomic E-state index is 12.0. The minimum Gasteiger partial charge on any atom is -0.464 e. The summed E-state index contributed by atoms with van der Waals surface area (Å²) in [6.07, 6.45) is 0.761. The molecule has 1 aliphatic heterocycles. The number of carbonyl (C=O) groups excluding carboxylic acids is 1. The van der Waals surface area contributed by atoms with Crippen molar-refractivity contribution in [2.75, 3.05) is 13.2 Å². The predicted octanol–water partition coefficient (Wildman–Crippen LogP) is 3.82. The van der Waals surface area contributed by atoms with Gasteiger partial charge >= 0.3 is 5.97 Å². The Kier molecular flexibility index (Phi) is 4.39. The summed E-state index contributed by atoms with van der Waals surface area (Å²) < 4.78 is 10.5. The van der Waals surface area contributed by atoms with Gasteiger partial charge in [-0.05, 0) is 31.0 Å². The van der Waals surface area contributed by atoms with Crippen LogP contribution < -0.4 is 0 Å². The van der Waals surface area contributed by atoms with E-state index < -0.39 is 5.60 Å². The Morgan fingerprint density at radius 3 is 2.58 bits per heavy atom. The standard InChI is InChI=1S/C14H16Cl2O3/c1-3-10(9-5-6-11(15)12(16)7-9)14(8-19-14)13(17)18-4-2/h5-7,10H,3-4,8H2,1-2H3. The second kappa shape index (κ2) is 5.70. The molecule has 1 heterocycles. The number of halogens is 2. The van der Waals surface area contributed by atoms with E-state index in [1.54, 1.807) is 19.1 Å². The summed E-state index contributed by atoms with van der Waals surface area (Å²) in [7, 11) is 0. The molecule has 0 saturated carbocycles. The van der Waals surface area contributed by atoms with Gasteiger partial charge in [0.15, 0.2) is 5.60 Å². The molecule has 5 heteroatoms. The van der Waals surface area contributed by atoms with E-state index in [2.05, 4.69) is 0 Å². The topological polar surface area (TPSA) is 38.8 Å². The van der Waals surface area contributed by atoms with Gasteiger partial charge in [0, 0.05) is 5.92 Å². The quantitative estimate of drug-likeness (QED) is 0.613. The molecule has 0 bridgehead atoms. The highest BCUT2D eigenvalue weighted by Gasteiger charge is 2.59. The Morgan fingerprint density at radius 2 is 2.11 bits per heavy atom. The fourth-order valence-electron chi connectivity index (χ4n) is 2.36. The predicted molar refractivity (Wildman–Crippen MR) is 74.8 cm³/mol. The van der Waals surface area contributed by atoms with Gasteiger partial charge < -0.3 is 9.47 Å². The highest BCUT2D eigenvalue weighted by molar-refractivity contribution is 6.42. The minimum atomic E-state index is -0.845. The number of rotatable bonds is 5. The molecule has 1 saturated heterocycles. The number of benzene rings is 1. The van der Waals surface area contributed by atoms with Crippen LogP contribution in [0.15, 0.2) is 18.2 Å². The van der Waals surface area contributed by atoms with E-state index in [0.29, 0.717) is 23.3 Å². The lowest BCUT2D eigenvalue weighted by Crippen LogP contribution is -2.34. The highest BCUT2D eigenvalue weighted by Crippen LogP contribution is 2.45. The lowest BCUT2D eigenvalue weighted by Gasteiger charge is -2.22. The van der Waals surface area contributed by atoms with Gasteiger partial charge in [0.1, 0.15) is 0 Å². The first-order valence-corrected chi connectivity index (χ1v) is 7.07. The first-order valence-electron chi connectivity index (χ1n) is 6.31. The fraction of sp³-hybridized carbons (Fsp3) is 0.500. The van der Waals surface area contributed by atoms with Crippen LogP contribution in [-0.4, -0.2) is 24.8 Å². The van der Waals surface area contributed by atoms with Crippen LogP contribution in [0.25, 0.3) is 0 Å². The van der Waals surface area contributed by atoms with Crippen molar-refractivity contribution in [1.29, 1.82) is 0 Å². The van der Waals surface area contributed by atoms with E-state index in [-0.39, 0.29) is 11.9 Å². The van der Waals surface area contributed by atoms with E-state index in [1.165, 1.54) is 0 Å². The second-order valence-corrected chi connectivity index (χ2v) is 5.35. The van der Waals surface area contributed by atoms with Crippen molar-refractivity contribution in [1.82, 2.24) is 0 Å². The maximum Gasteiger partial charge on any atom is 0.341 e. The molecule has 0 radical (unpaired) electrons. The van der Waals surface area contributed by atoms with Crippen molar-refractivity contribution in [3.05, 3.63) is 33.8 Å². The number of ether oxygens (including phenoxy) is 2. The Bertz CT molecular complexity index is 484. The van der Waals surface area contributed by atoms with Gasteiger partial charge in [0.05, 0.1) is 23.3 Å². The van der Waals surface area contributed by atoms with Crippen LogP contribution in [0.2, 0.25) is 10.0 Å². The average Bonchev–Trinajstić information content (AvgIpc) is 3.16. The Morgan fingerprint density at radius 1 is 1.42 bits per heavy atom. The smallest absolute Gasteiger partial charge is 0.341 e. The molecule has 0 amide bonds. The molecular formula is C14H16Cl2O3. The summed E-state index contributed by atoms with van der Waals surface area (Å²) in [5.41, 5.74) is 0.101. The Labute approximate surface area is 122 Å². The van der Waals surface area contributed by atoms with E-state index in [0.717, 1.165) is 12.0 Å². The third-order valence-electron chi connectivity index (χ3n) is 3.39. The second-order valence-electron chi connectivity index (χ2n) is 4.53. The molecule has 0 N–H and O–H groups in total. The van der Waals surface area contributed by atoms with E-state index >= 15 is 0 Å². The molecule has 0 aromatic heterocycles. The van der Waals surface area contributed by atoms with Crippen LogP contribution in [0.3, 0.4) is 0 Å². The van der Waals surface area contributed by atoms with Gasteiger partial charge in [-0.2, -0.15) is 0 Å². The van der Waals surface area contributed by atoms with Gasteiger partial charge in [0.2, 0.25) is 0 Å². The monoisotopic (exact) mass is 302 g/mol. The Balaban J connectivity index is 2.29. The Hall–Kier alpha value is -0.770. The van der Waals surface area contributed by atoms with Gasteiger partial charge in [-0.3, -0.25) is 0 Å². The van der Waals surface area contributed by atoms with Crippen molar-refractivity contribution < 1.29 is 14.3 Å². The lowest BCUT2D eigenvalue weighted by molar-refractivity contribution is -0.150. The largest absolute Gasteiger partial charge is 0.464 e. The third kappa shape index (κ3) is 2.73. The molecule has 2 rings (SSSR count). The summed E-state index contributed by atoms with van der Waals surface area (Å²) >= 11 is 12.0. The van der Waals surface area contributed by atoms with E-state index in [4.69, 9.17) is 32.7 Å². The summed E-state index contributed by atoms with van der Waals surface area (Å²) in [5.74, 6) is -0.366. The summed E-state index contributed by atoms with van der Waals surface area (Å²) in [6.45, 7) is 4.54. The van der Waals surface area contributed by atoms with Gasteiger partial charge in [-0.25, -0.2) is 4.79 Å². The number of esters is 1. The molecule has 0 spiro atoms. The van der Waals surface area contributed by atoms with Crippen molar-refractivity contribution in [2.24, 2.45) is 0 Å². The minimum absolute atomic E-state index is 0.0682. The van der Waals surface area contributed by atoms with E-state index in [9.17, 15) is 4.79 Å². The van der Waals surface area contributed by atoms with Crippen LogP contribution in [0.5, 0.6) is 0 Å². The molecule has 104 valence electrons. The van der Waals surface area contributed by atoms with Crippen molar-refractivity contribution in [2.45, 2.75) is 31.8 Å². The first kappa shape index (κ1) is 14.6. The van der Waals surface area contributed by atoms with Crippen molar-refractivity contribution in [3.63, 3.8) is 0 Å². The van der Waals surface area contributed by atoms with E-state index in [1.807, 2.05) is 13.0 Å². The van der Waals surface area contributed by atoms with Crippen LogP contribution in [0.4, 0.5) is 0 Å². The molecule has 1 aromatic rings. The van der Waals surface area contributed by atoms with Crippen molar-refractivity contribution >= 4 is 29.2 Å². The summed E-state index contributed by atoms with van der Waals surface area (Å²) in [4.78, 5) is 12.0. The highest BCUT2D eigenvalue weighted by atomic mass is 35.5. The van der Waals surface area contributed by atoms with Gasteiger partial charge in [-0.1, -0.05) is 36.2 Å². The number of carbonyl (C=O) groups is 1. The SMILES string of the molecule is CCOC(=O)C1(C(CC)c2ccc(Cl)c(Cl)c2)CO1. The van der Waals surface area contributed by atoms with Gasteiger partial charge in [0.25, 0.3) is 0 Å². The normalized spacial score (nSPS) is 22.9. The summed E-state index contributed by atoms with van der Waals surface area (Å²) in [6, 6.07) is 5.41. The number of hydrogen-bond acceptors (Lipinski definition) is 3. The van der Waals surface area contributed by atoms with Gasteiger partial charge in [-0.15, -0.1) is 0 Å². The average molecular weight is 303 g/mol. The molecule has 0 aliphatic carbocycles. The molecule has 2 atom stereocenters. The maximum absolute atomic E-state index is 12.0. The molecule has 1 aliphatic rings. The zero-order chi connectivity index (χ0) is 14.0. The fourth-order valence-corrected chi connectivity index (χ4v) is 2.66. The zero-order valence-electron chi connectivity index (χ0n) is 10.9. The van der Waals surface area contributed by atoms with Crippen LogP contribution in [0.1, 0.15) is 31.7 Å². The molecule has 3 nitrogen and oxygen atoms in total. The molecule has 19 heavy (non-hydrogen) atoms. The van der Waals surface area contributed by atoms with Crippen LogP contribution in [-0.2, 0) is 14.3 Å². The molecule has 2 unspecified atom stereocenters. The lowest BCUT2D eigenvalue weighted by atomic mass is 9.84. The molecule has 1 aromatic carbocycles. The first-order chi connectivity index (χ1) is 9.05. The summed E-state index contributed by atoms with van der Waals surface area (Å²) in [5, 5.41) is 0.986. The van der Waals surface area contributed by atoms with Crippen LogP contribution >= 0.6 is 23.2 Å². The number of epoxide rings is 1.